The van der Waals surface area contributed by atoms with Crippen LogP contribution in [0.5, 0.6) is 5.75 Å². The highest BCUT2D eigenvalue weighted by atomic mass is 19.4. The predicted molar refractivity (Wildman–Crippen MR) is 64.3 cm³/mol. The summed E-state index contributed by atoms with van der Waals surface area (Å²) in [6.07, 6.45) is -1.69. The molecule has 110 valence electrons. The number of halogens is 3. The van der Waals surface area contributed by atoms with Crippen molar-refractivity contribution in [2.75, 3.05) is 32.7 Å². The second-order valence-electron chi connectivity index (χ2n) is 4.62. The molecular formula is C12H14F3N3O2. The van der Waals surface area contributed by atoms with Crippen LogP contribution in [0.25, 0.3) is 0 Å². The highest BCUT2D eigenvalue weighted by molar-refractivity contribution is 5.94. The van der Waals surface area contributed by atoms with Crippen molar-refractivity contribution in [1.82, 2.24) is 14.8 Å². The van der Waals surface area contributed by atoms with Gasteiger partial charge in [0.15, 0.2) is 0 Å². The normalized spacial score (nSPS) is 17.2. The van der Waals surface area contributed by atoms with Gasteiger partial charge in [0.25, 0.3) is 5.91 Å². The molecule has 0 spiro atoms. The molecule has 0 radical (unpaired) electrons. The van der Waals surface area contributed by atoms with Crippen molar-refractivity contribution in [3.05, 3.63) is 24.0 Å². The molecule has 1 aromatic heterocycles. The minimum Gasteiger partial charge on any atom is -0.506 e. The lowest BCUT2D eigenvalue weighted by atomic mass is 10.2. The summed E-state index contributed by atoms with van der Waals surface area (Å²) in [6, 6.07) is 1.29. The van der Waals surface area contributed by atoms with Gasteiger partial charge in [0.2, 0.25) is 0 Å². The third-order valence-corrected chi connectivity index (χ3v) is 3.03. The van der Waals surface area contributed by atoms with Crippen LogP contribution >= 0.6 is 0 Å². The van der Waals surface area contributed by atoms with E-state index >= 15 is 0 Å². The van der Waals surface area contributed by atoms with Crippen LogP contribution in [0.15, 0.2) is 18.5 Å². The van der Waals surface area contributed by atoms with Gasteiger partial charge < -0.3 is 10.0 Å². The Morgan fingerprint density at radius 3 is 2.45 bits per heavy atom. The number of piperazine rings is 1. The van der Waals surface area contributed by atoms with Crippen molar-refractivity contribution in [2.45, 2.75) is 6.18 Å². The topological polar surface area (TPSA) is 56.7 Å². The lowest BCUT2D eigenvalue weighted by Crippen LogP contribution is -2.50. The summed E-state index contributed by atoms with van der Waals surface area (Å²) in [5, 5.41) is 9.26. The second-order valence-corrected chi connectivity index (χ2v) is 4.62. The van der Waals surface area contributed by atoms with Crippen LogP contribution in [0.4, 0.5) is 13.2 Å². The number of alkyl halides is 3. The molecule has 1 amide bonds. The van der Waals surface area contributed by atoms with Crippen LogP contribution in [0.3, 0.4) is 0 Å². The first-order valence-electron chi connectivity index (χ1n) is 6.07. The Morgan fingerprint density at radius 1 is 1.25 bits per heavy atom. The number of aromatic hydroxyl groups is 1. The molecule has 0 saturated carbocycles. The van der Waals surface area contributed by atoms with E-state index in [2.05, 4.69) is 4.98 Å². The third kappa shape index (κ3) is 3.83. The molecule has 2 rings (SSSR count). The Labute approximate surface area is 113 Å². The van der Waals surface area contributed by atoms with E-state index in [0.717, 1.165) is 0 Å². The monoisotopic (exact) mass is 289 g/mol. The minimum atomic E-state index is -4.22. The van der Waals surface area contributed by atoms with Crippen molar-refractivity contribution in [3.8, 4) is 5.75 Å². The summed E-state index contributed by atoms with van der Waals surface area (Å²) in [4.78, 5) is 18.5. The fraction of sp³-hybridized carbons (Fsp3) is 0.500. The predicted octanol–water partition coefficient (Wildman–Crippen LogP) is 1.11. The first kappa shape index (κ1) is 14.6. The van der Waals surface area contributed by atoms with Gasteiger partial charge in [0.1, 0.15) is 5.75 Å². The number of carbonyl (C=O) groups is 1. The van der Waals surface area contributed by atoms with Gasteiger partial charge in [-0.2, -0.15) is 13.2 Å². The van der Waals surface area contributed by atoms with Gasteiger partial charge in [-0.1, -0.05) is 0 Å². The van der Waals surface area contributed by atoms with Crippen molar-refractivity contribution < 1.29 is 23.1 Å². The Morgan fingerprint density at radius 2 is 1.90 bits per heavy atom. The maximum atomic E-state index is 12.2. The van der Waals surface area contributed by atoms with Crippen LogP contribution in [0, 0.1) is 0 Å². The molecule has 0 unspecified atom stereocenters. The highest BCUT2D eigenvalue weighted by Crippen LogP contribution is 2.18. The molecule has 1 fully saturated rings. The summed E-state index contributed by atoms with van der Waals surface area (Å²) in [7, 11) is 0. The molecule has 1 aliphatic rings. The van der Waals surface area contributed by atoms with Crippen LogP contribution in [-0.4, -0.2) is 64.7 Å². The average molecular weight is 289 g/mol. The Balaban J connectivity index is 1.92. The van der Waals surface area contributed by atoms with E-state index in [4.69, 9.17) is 0 Å². The SMILES string of the molecule is O=C(c1cncc(O)c1)N1CCN(CC(F)(F)F)CC1. The molecule has 0 aliphatic carbocycles. The van der Waals surface area contributed by atoms with Gasteiger partial charge in [0, 0.05) is 32.4 Å². The number of pyridine rings is 1. The molecule has 20 heavy (non-hydrogen) atoms. The molecule has 1 aromatic rings. The van der Waals surface area contributed by atoms with E-state index < -0.39 is 12.7 Å². The van der Waals surface area contributed by atoms with E-state index in [1.54, 1.807) is 0 Å². The van der Waals surface area contributed by atoms with Gasteiger partial charge in [-0.3, -0.25) is 14.7 Å². The highest BCUT2D eigenvalue weighted by Gasteiger charge is 2.33. The van der Waals surface area contributed by atoms with Gasteiger partial charge in [-0.05, 0) is 6.07 Å². The van der Waals surface area contributed by atoms with Crippen LogP contribution in [0.1, 0.15) is 10.4 Å². The Bertz CT molecular complexity index is 485. The zero-order chi connectivity index (χ0) is 14.8. The first-order valence-corrected chi connectivity index (χ1v) is 6.07. The molecule has 8 heteroatoms. The van der Waals surface area contributed by atoms with E-state index in [0.29, 0.717) is 0 Å². The first-order chi connectivity index (χ1) is 9.35. The Hall–Kier alpha value is -1.83. The number of hydrogen-bond donors (Lipinski definition) is 1. The van der Waals surface area contributed by atoms with Crippen LogP contribution < -0.4 is 0 Å². The molecule has 0 aromatic carbocycles. The number of carbonyl (C=O) groups excluding carboxylic acids is 1. The van der Waals surface area contributed by atoms with E-state index in [1.807, 2.05) is 0 Å². The maximum Gasteiger partial charge on any atom is 0.401 e. The van der Waals surface area contributed by atoms with Crippen LogP contribution in [-0.2, 0) is 0 Å². The third-order valence-electron chi connectivity index (χ3n) is 3.03. The number of nitrogens with zero attached hydrogens (tertiary/aromatic N) is 3. The Kier molecular flexibility index (Phi) is 4.12. The van der Waals surface area contributed by atoms with Crippen molar-refractivity contribution in [2.24, 2.45) is 0 Å². The van der Waals surface area contributed by atoms with E-state index in [-0.39, 0.29) is 43.4 Å². The number of hydrogen-bond acceptors (Lipinski definition) is 4. The van der Waals surface area contributed by atoms with Crippen molar-refractivity contribution >= 4 is 5.91 Å². The number of aromatic nitrogens is 1. The summed E-state index contributed by atoms with van der Waals surface area (Å²) in [5.41, 5.74) is 0.231. The van der Waals surface area contributed by atoms with E-state index in [9.17, 15) is 23.1 Å². The molecule has 5 nitrogen and oxygen atoms in total. The summed E-state index contributed by atoms with van der Waals surface area (Å²) in [5.74, 6) is -0.452. The molecule has 1 aliphatic heterocycles. The summed E-state index contributed by atoms with van der Waals surface area (Å²) < 4.78 is 36.7. The van der Waals surface area contributed by atoms with Crippen molar-refractivity contribution in [3.63, 3.8) is 0 Å². The smallest absolute Gasteiger partial charge is 0.401 e. The fourth-order valence-corrected chi connectivity index (χ4v) is 2.09. The van der Waals surface area contributed by atoms with Crippen molar-refractivity contribution in [1.29, 1.82) is 0 Å². The summed E-state index contributed by atoms with van der Waals surface area (Å²) >= 11 is 0. The number of rotatable bonds is 2. The zero-order valence-electron chi connectivity index (χ0n) is 10.6. The van der Waals surface area contributed by atoms with Gasteiger partial charge in [0.05, 0.1) is 18.3 Å². The lowest BCUT2D eigenvalue weighted by molar-refractivity contribution is -0.148. The quantitative estimate of drug-likeness (QED) is 0.886. The van der Waals surface area contributed by atoms with Gasteiger partial charge in [-0.25, -0.2) is 0 Å². The molecule has 2 heterocycles. The molecular weight excluding hydrogens is 275 g/mol. The van der Waals surface area contributed by atoms with Crippen LogP contribution in [0.2, 0.25) is 0 Å². The standard InChI is InChI=1S/C12H14F3N3O2/c13-12(14,15)8-17-1-3-18(4-2-17)11(20)9-5-10(19)7-16-6-9/h5-7,19H,1-4,8H2. The lowest BCUT2D eigenvalue weighted by Gasteiger charge is -2.34. The average Bonchev–Trinajstić information content (AvgIpc) is 2.37. The number of amides is 1. The van der Waals surface area contributed by atoms with E-state index in [1.165, 1.54) is 28.3 Å². The minimum absolute atomic E-state index is 0.119. The molecule has 1 saturated heterocycles. The maximum absolute atomic E-state index is 12.2. The zero-order valence-corrected chi connectivity index (χ0v) is 10.6. The largest absolute Gasteiger partial charge is 0.506 e. The second kappa shape index (κ2) is 5.66. The molecule has 1 N–H and O–H groups in total. The summed E-state index contributed by atoms with van der Waals surface area (Å²) in [6.45, 7) is -0.146. The fourth-order valence-electron chi connectivity index (χ4n) is 2.09. The molecule has 0 atom stereocenters. The van der Waals surface area contributed by atoms with Gasteiger partial charge in [-0.15, -0.1) is 0 Å². The van der Waals surface area contributed by atoms with Gasteiger partial charge >= 0.3 is 6.18 Å². The molecule has 0 bridgehead atoms.